The van der Waals surface area contributed by atoms with Crippen LogP contribution in [0.5, 0.6) is 0 Å². The van der Waals surface area contributed by atoms with Crippen molar-refractivity contribution >= 4 is 41.5 Å². The second-order valence-electron chi connectivity index (χ2n) is 7.17. The molecular weight excluding hydrogens is 410 g/mol. The molecule has 3 atom stereocenters. The van der Waals surface area contributed by atoms with Crippen LogP contribution in [0.3, 0.4) is 0 Å². The summed E-state index contributed by atoms with van der Waals surface area (Å²) in [6.45, 7) is 6.26. The number of carboxylic acids is 1. The van der Waals surface area contributed by atoms with E-state index >= 15 is 0 Å². The fourth-order valence-corrected chi connectivity index (χ4v) is 4.52. The summed E-state index contributed by atoms with van der Waals surface area (Å²) in [5, 5.41) is 10.9. The third-order valence-electron chi connectivity index (χ3n) is 4.75. The average Bonchev–Trinajstić information content (AvgIpc) is 3.13. The Morgan fingerprint density at radius 2 is 1.73 bits per heavy atom. The Hall–Kier alpha value is -3.14. The molecule has 2 saturated heterocycles. The van der Waals surface area contributed by atoms with Crippen LogP contribution in [0.15, 0.2) is 36.4 Å². The van der Waals surface area contributed by atoms with E-state index in [-0.39, 0.29) is 18.4 Å². The molecule has 4 rings (SSSR count). The summed E-state index contributed by atoms with van der Waals surface area (Å²) in [5.41, 5.74) is 3.08. The Morgan fingerprint density at radius 1 is 1.17 bits per heavy atom. The number of carbonyl (C=O) groups is 5. The molecule has 2 N–H and O–H groups in total. The van der Waals surface area contributed by atoms with E-state index in [1.54, 1.807) is 0 Å². The number of benzene rings is 1. The Bertz CT molecular complexity index is 914. The van der Waals surface area contributed by atoms with Gasteiger partial charge < -0.3 is 15.3 Å². The first kappa shape index (κ1) is 21.6. The smallest absolute Gasteiger partial charge is 0.330 e. The summed E-state index contributed by atoms with van der Waals surface area (Å²) in [6, 6.07) is 6.18. The number of hydrogen-bond donors (Lipinski definition) is 2. The lowest BCUT2D eigenvalue weighted by atomic mass is 9.99. The Balaban J connectivity index is 0.000000357. The molecule has 0 spiro atoms. The number of β-lactam (4-membered cyclic amide) rings is 1. The number of amides is 4. The van der Waals surface area contributed by atoms with Crippen molar-refractivity contribution < 1.29 is 29.1 Å². The number of aliphatic carboxylic acids is 1. The molecule has 2 aliphatic heterocycles. The van der Waals surface area contributed by atoms with Gasteiger partial charge in [0.1, 0.15) is 11.4 Å². The molecule has 0 saturated carbocycles. The number of carboxylic acid groups (broad SMARTS) is 1. The standard InChI is InChI=1S/C14H17N3O6S.C6H4/c1-6(2)11(14(22)23)16-12(21)10(15-7(3)18)13(16)24-17-8(19)4-5-9(17)20;1-2-5-4-6(5)3-1/h10-11,13H,1,4-5H2,2-3H3,(H,15,18)(H,22,23);1-4H. The monoisotopic (exact) mass is 431 g/mol. The number of imide groups is 1. The van der Waals surface area contributed by atoms with E-state index in [0.29, 0.717) is 0 Å². The number of hydrogen-bond acceptors (Lipinski definition) is 6. The predicted octanol–water partition coefficient (Wildman–Crippen LogP) is 1.15. The van der Waals surface area contributed by atoms with Crippen molar-refractivity contribution in [2.45, 2.75) is 44.1 Å². The van der Waals surface area contributed by atoms with E-state index in [9.17, 15) is 29.1 Å². The van der Waals surface area contributed by atoms with Gasteiger partial charge in [-0.05, 0) is 41.6 Å². The van der Waals surface area contributed by atoms with Crippen LogP contribution in [0, 0.1) is 0 Å². The van der Waals surface area contributed by atoms with Crippen molar-refractivity contribution in [3.05, 3.63) is 36.4 Å². The highest BCUT2D eigenvalue weighted by molar-refractivity contribution is 7.98. The molecule has 9 nitrogen and oxygen atoms in total. The molecule has 10 heteroatoms. The Labute approximate surface area is 177 Å². The van der Waals surface area contributed by atoms with Gasteiger partial charge in [-0.3, -0.25) is 19.2 Å². The molecule has 0 aromatic carbocycles. The number of likely N-dealkylation sites (tertiary alicyclic amines) is 1. The molecule has 0 aromatic rings. The minimum absolute atomic E-state index is 0.0696. The second kappa shape index (κ2) is 8.31. The highest BCUT2D eigenvalue weighted by atomic mass is 32.2. The summed E-state index contributed by atoms with van der Waals surface area (Å²) in [6.07, 6.45) is 0.139. The highest BCUT2D eigenvalue weighted by Gasteiger charge is 2.55. The average molecular weight is 431 g/mol. The largest absolute Gasteiger partial charge is 0.479 e. The molecule has 3 unspecified atom stereocenters. The molecule has 2 heterocycles. The number of nitrogens with one attached hydrogen (secondary N) is 1. The van der Waals surface area contributed by atoms with Crippen LogP contribution in [0.2, 0.25) is 0 Å². The first-order valence-electron chi connectivity index (χ1n) is 9.22. The molecule has 0 radical (unpaired) electrons. The molecule has 2 aliphatic carbocycles. The minimum Gasteiger partial charge on any atom is -0.479 e. The molecular formula is C20H21N3O6S. The van der Waals surface area contributed by atoms with E-state index in [1.807, 2.05) is 0 Å². The first-order valence-corrected chi connectivity index (χ1v) is 10.1. The lowest BCUT2D eigenvalue weighted by Gasteiger charge is -2.49. The quantitative estimate of drug-likeness (QED) is 0.304. The predicted molar refractivity (Wildman–Crippen MR) is 109 cm³/mol. The number of carbonyl (C=O) groups excluding carboxylic acids is 4. The number of nitrogens with zero attached hydrogens (tertiary/aromatic N) is 2. The summed E-state index contributed by atoms with van der Waals surface area (Å²) < 4.78 is 0.927. The van der Waals surface area contributed by atoms with Gasteiger partial charge in [0.25, 0.3) is 0 Å². The van der Waals surface area contributed by atoms with Crippen LogP contribution in [0.25, 0.3) is 11.1 Å². The lowest BCUT2D eigenvalue weighted by molar-refractivity contribution is -0.159. The number of rotatable bonds is 6. The summed E-state index contributed by atoms with van der Waals surface area (Å²) >= 11 is 0.755. The molecule has 4 amide bonds. The van der Waals surface area contributed by atoms with Crippen molar-refractivity contribution in [1.29, 1.82) is 0 Å². The maximum Gasteiger partial charge on any atom is 0.330 e. The van der Waals surface area contributed by atoms with Gasteiger partial charge in [0.05, 0.1) is 0 Å². The third-order valence-corrected chi connectivity index (χ3v) is 6.08. The van der Waals surface area contributed by atoms with Gasteiger partial charge in [-0.25, -0.2) is 9.10 Å². The zero-order valence-corrected chi connectivity index (χ0v) is 17.3. The molecule has 0 bridgehead atoms. The fraction of sp³-hybridized carbons (Fsp3) is 0.350. The maximum atomic E-state index is 12.3. The van der Waals surface area contributed by atoms with Crippen LogP contribution >= 0.6 is 11.9 Å². The SMILES string of the molecule is C=C(C)C(C(=O)O)N1C(=O)C(NC(C)=O)C1SN1C(=O)CCC1=O.c1cc2cc-2c1. The second-order valence-corrected chi connectivity index (χ2v) is 8.23. The zero-order valence-electron chi connectivity index (χ0n) is 16.5. The van der Waals surface area contributed by atoms with E-state index < -0.39 is 47.1 Å². The van der Waals surface area contributed by atoms with Gasteiger partial charge in [0.2, 0.25) is 23.6 Å². The van der Waals surface area contributed by atoms with Gasteiger partial charge in [0.15, 0.2) is 6.04 Å². The van der Waals surface area contributed by atoms with Gasteiger partial charge in [-0.1, -0.05) is 24.8 Å². The van der Waals surface area contributed by atoms with E-state index in [4.69, 9.17) is 0 Å². The molecule has 2 fully saturated rings. The maximum absolute atomic E-state index is 12.3. The van der Waals surface area contributed by atoms with Crippen molar-refractivity contribution in [2.75, 3.05) is 0 Å². The molecule has 4 aliphatic rings. The summed E-state index contributed by atoms with van der Waals surface area (Å²) in [7, 11) is 0. The molecule has 30 heavy (non-hydrogen) atoms. The van der Waals surface area contributed by atoms with E-state index in [2.05, 4.69) is 36.2 Å². The third kappa shape index (κ3) is 4.23. The van der Waals surface area contributed by atoms with Crippen LogP contribution in [0.4, 0.5) is 0 Å². The summed E-state index contributed by atoms with van der Waals surface area (Å²) in [5.74, 6) is -3.17. The Kier molecular flexibility index (Phi) is 5.97. The number of fused-ring (bicyclic) bond motifs is 1. The topological polar surface area (TPSA) is 124 Å². The van der Waals surface area contributed by atoms with Gasteiger partial charge >= 0.3 is 5.97 Å². The normalized spacial score (nSPS) is 22.0. The van der Waals surface area contributed by atoms with Crippen molar-refractivity contribution in [2.24, 2.45) is 0 Å². The van der Waals surface area contributed by atoms with Gasteiger partial charge in [-0.2, -0.15) is 0 Å². The summed E-state index contributed by atoms with van der Waals surface area (Å²) in [4.78, 5) is 59.6. The van der Waals surface area contributed by atoms with Crippen LogP contribution in [0.1, 0.15) is 26.7 Å². The molecule has 0 aromatic heterocycles. The van der Waals surface area contributed by atoms with Gasteiger partial charge in [-0.15, -0.1) is 0 Å². The Morgan fingerprint density at radius 3 is 2.10 bits per heavy atom. The fourth-order valence-electron chi connectivity index (χ4n) is 3.25. The van der Waals surface area contributed by atoms with Crippen LogP contribution in [-0.4, -0.2) is 61.4 Å². The first-order chi connectivity index (χ1) is 14.1. The van der Waals surface area contributed by atoms with Crippen LogP contribution < -0.4 is 5.32 Å². The van der Waals surface area contributed by atoms with Crippen LogP contribution in [-0.2, 0) is 24.0 Å². The van der Waals surface area contributed by atoms with Crippen molar-refractivity contribution in [3.63, 3.8) is 0 Å². The van der Waals surface area contributed by atoms with E-state index in [1.165, 1.54) is 25.0 Å². The minimum atomic E-state index is -1.30. The highest BCUT2D eigenvalue weighted by Crippen LogP contribution is 2.38. The molecule has 158 valence electrons. The van der Waals surface area contributed by atoms with Crippen molar-refractivity contribution in [3.8, 4) is 11.1 Å². The van der Waals surface area contributed by atoms with Crippen molar-refractivity contribution in [1.82, 2.24) is 14.5 Å². The lowest BCUT2D eigenvalue weighted by Crippen LogP contribution is -2.73. The van der Waals surface area contributed by atoms with E-state index in [0.717, 1.165) is 21.2 Å². The zero-order chi connectivity index (χ0) is 22.2. The van der Waals surface area contributed by atoms with Gasteiger partial charge in [0, 0.05) is 19.8 Å².